The summed E-state index contributed by atoms with van der Waals surface area (Å²) in [6.45, 7) is 22.9. The first kappa shape index (κ1) is 55.8. The second-order valence-electron chi connectivity index (χ2n) is 19.9. The summed E-state index contributed by atoms with van der Waals surface area (Å²) in [6.07, 6.45) is 14.4. The molecule has 0 radical (unpaired) electrons. The standard InChI is InChI=1S/2C29H41N3O2.2H2O/c2*1-24(2)34-28-12-5-4-11-27(28)31-22-20-30(21-23-31)17-9-6-10-25-13-15-26(16-14-25)29(33)32-18-7-3-8-19-32;;/h2*4-5,11-16,24H,3,6-10,17-23H2,1-2H3;2*1H2. The highest BCUT2D eigenvalue weighted by Crippen LogP contribution is 2.31. The first-order valence-electron chi connectivity index (χ1n) is 26.4. The predicted molar refractivity (Wildman–Crippen MR) is 287 cm³/mol. The van der Waals surface area contributed by atoms with Crippen LogP contribution in [0.2, 0.25) is 0 Å². The number of carbonyl (C=O) groups excluding carboxylic acids is 2. The summed E-state index contributed by atoms with van der Waals surface area (Å²) >= 11 is 0. The molecular formula is C58H86N6O6. The third-order valence-electron chi connectivity index (χ3n) is 13.9. The first-order chi connectivity index (χ1) is 33.2. The van der Waals surface area contributed by atoms with Crippen LogP contribution < -0.4 is 19.3 Å². The molecule has 4 N–H and O–H groups in total. The van der Waals surface area contributed by atoms with Gasteiger partial charge in [0.05, 0.1) is 23.6 Å². The van der Waals surface area contributed by atoms with E-state index in [9.17, 15) is 9.59 Å². The maximum Gasteiger partial charge on any atom is 0.253 e. The number of piperazine rings is 2. The van der Waals surface area contributed by atoms with Crippen molar-refractivity contribution in [2.45, 2.75) is 117 Å². The van der Waals surface area contributed by atoms with E-state index in [0.717, 1.165) is 153 Å². The Balaban J connectivity index is 0.000000254. The summed E-state index contributed by atoms with van der Waals surface area (Å²) in [4.78, 5) is 39.4. The number of carbonyl (C=O) groups is 2. The zero-order valence-corrected chi connectivity index (χ0v) is 43.1. The van der Waals surface area contributed by atoms with E-state index in [1.807, 2.05) is 34.1 Å². The maximum absolute atomic E-state index is 12.6. The van der Waals surface area contributed by atoms with E-state index in [-0.39, 0.29) is 35.0 Å². The number of piperidine rings is 2. The lowest BCUT2D eigenvalue weighted by atomic mass is 10.0. The number of anilines is 2. The van der Waals surface area contributed by atoms with Crippen molar-refractivity contribution in [3.8, 4) is 11.5 Å². The first-order valence-corrected chi connectivity index (χ1v) is 26.4. The number of likely N-dealkylation sites (tertiary alicyclic amines) is 2. The SMILES string of the molecule is CC(C)Oc1ccccc1N1CCN(CCCCc2ccc(C(=O)N3CCCCC3)cc2)CC1.CC(C)Oc1ccccc1N1CCN(CCCCc2ccc(C(=O)N3CCCCC3)cc2)CC1.O.O. The fraction of sp³-hybridized carbons (Fsp3) is 0.552. The number of aryl methyl sites for hydroxylation is 2. The molecule has 4 heterocycles. The van der Waals surface area contributed by atoms with Gasteiger partial charge in [0.2, 0.25) is 0 Å². The fourth-order valence-electron chi connectivity index (χ4n) is 10.1. The zero-order chi connectivity index (χ0) is 47.5. The van der Waals surface area contributed by atoms with Crippen LogP contribution in [0.1, 0.15) is 124 Å². The summed E-state index contributed by atoms with van der Waals surface area (Å²) in [5.41, 5.74) is 6.78. The van der Waals surface area contributed by atoms with E-state index in [1.54, 1.807) is 0 Å². The lowest BCUT2D eigenvalue weighted by Crippen LogP contribution is -2.46. The fourth-order valence-corrected chi connectivity index (χ4v) is 10.1. The smallest absolute Gasteiger partial charge is 0.253 e. The van der Waals surface area contributed by atoms with Crippen molar-refractivity contribution in [3.63, 3.8) is 0 Å². The number of hydrogen-bond acceptors (Lipinski definition) is 8. The molecule has 4 aromatic carbocycles. The molecule has 0 spiro atoms. The second-order valence-corrected chi connectivity index (χ2v) is 19.9. The normalized spacial score (nSPS) is 16.8. The van der Waals surface area contributed by atoms with Gasteiger partial charge in [0.1, 0.15) is 11.5 Å². The highest BCUT2D eigenvalue weighted by atomic mass is 16.5. The number of para-hydroxylation sites is 4. The van der Waals surface area contributed by atoms with E-state index >= 15 is 0 Å². The Morgan fingerprint density at radius 3 is 1.11 bits per heavy atom. The molecule has 4 aliphatic rings. The third-order valence-corrected chi connectivity index (χ3v) is 13.9. The minimum Gasteiger partial charge on any atom is -0.489 e. The van der Waals surface area contributed by atoms with Gasteiger partial charge >= 0.3 is 0 Å². The summed E-state index contributed by atoms with van der Waals surface area (Å²) in [6, 6.07) is 33.5. The Morgan fingerprint density at radius 1 is 0.429 bits per heavy atom. The summed E-state index contributed by atoms with van der Waals surface area (Å²) in [7, 11) is 0. The summed E-state index contributed by atoms with van der Waals surface area (Å²) < 4.78 is 12.0. The number of amides is 2. The Bertz CT molecular complexity index is 1950. The third kappa shape index (κ3) is 17.0. The van der Waals surface area contributed by atoms with Crippen LogP contribution in [0.3, 0.4) is 0 Å². The van der Waals surface area contributed by atoms with Crippen LogP contribution in [0.15, 0.2) is 97.1 Å². The molecule has 0 atom stereocenters. The lowest BCUT2D eigenvalue weighted by Gasteiger charge is -2.37. The van der Waals surface area contributed by atoms with E-state index in [4.69, 9.17) is 9.47 Å². The van der Waals surface area contributed by atoms with E-state index in [1.165, 1.54) is 61.0 Å². The van der Waals surface area contributed by atoms with Crippen LogP contribution >= 0.6 is 0 Å². The van der Waals surface area contributed by atoms with Crippen LogP contribution in [0.25, 0.3) is 0 Å². The largest absolute Gasteiger partial charge is 0.489 e. The molecule has 2 amide bonds. The Labute approximate surface area is 420 Å². The predicted octanol–water partition coefficient (Wildman–Crippen LogP) is 8.84. The van der Waals surface area contributed by atoms with Gasteiger partial charge < -0.3 is 40.0 Å². The average Bonchev–Trinajstić information content (AvgIpc) is 3.38. The number of unbranched alkanes of at least 4 members (excludes halogenated alkanes) is 2. The molecule has 12 heteroatoms. The quantitative estimate of drug-likeness (QED) is 0.0904. The minimum absolute atomic E-state index is 0. The zero-order valence-electron chi connectivity index (χ0n) is 43.1. The number of benzene rings is 4. The molecule has 4 aromatic rings. The summed E-state index contributed by atoms with van der Waals surface area (Å²) in [5.74, 6) is 2.39. The van der Waals surface area contributed by atoms with Crippen molar-refractivity contribution < 1.29 is 30.0 Å². The van der Waals surface area contributed by atoms with Crippen molar-refractivity contribution in [1.29, 1.82) is 0 Å². The Hall–Kier alpha value is -5.14. The molecule has 0 saturated carbocycles. The molecule has 0 unspecified atom stereocenters. The topological polar surface area (TPSA) is 135 Å². The monoisotopic (exact) mass is 963 g/mol. The van der Waals surface area contributed by atoms with Gasteiger partial charge in [-0.2, -0.15) is 0 Å². The lowest BCUT2D eigenvalue weighted by molar-refractivity contribution is 0.0717. The van der Waals surface area contributed by atoms with Crippen molar-refractivity contribution in [3.05, 3.63) is 119 Å². The highest BCUT2D eigenvalue weighted by molar-refractivity contribution is 5.94. The molecule has 0 aliphatic carbocycles. The number of ether oxygens (including phenoxy) is 2. The van der Waals surface area contributed by atoms with Crippen molar-refractivity contribution in [2.75, 3.05) is 101 Å². The van der Waals surface area contributed by atoms with Gasteiger partial charge in [0.15, 0.2) is 0 Å². The number of nitrogens with zero attached hydrogens (tertiary/aromatic N) is 6. The molecule has 0 aromatic heterocycles. The molecule has 4 saturated heterocycles. The molecule has 12 nitrogen and oxygen atoms in total. The molecule has 8 rings (SSSR count). The highest BCUT2D eigenvalue weighted by Gasteiger charge is 2.23. The van der Waals surface area contributed by atoms with E-state index < -0.39 is 0 Å². The average molecular weight is 963 g/mol. The van der Waals surface area contributed by atoms with Crippen LogP contribution in [0.4, 0.5) is 11.4 Å². The van der Waals surface area contributed by atoms with Gasteiger partial charge in [-0.05, 0) is 177 Å². The Kier molecular flexibility index (Phi) is 23.3. The van der Waals surface area contributed by atoms with Gasteiger partial charge in [-0.3, -0.25) is 19.4 Å². The van der Waals surface area contributed by atoms with E-state index in [2.05, 4.69) is 120 Å². The van der Waals surface area contributed by atoms with Crippen molar-refractivity contribution in [2.24, 2.45) is 0 Å². The molecule has 4 fully saturated rings. The maximum atomic E-state index is 12.6. The van der Waals surface area contributed by atoms with Gasteiger partial charge in [0.25, 0.3) is 11.8 Å². The van der Waals surface area contributed by atoms with Gasteiger partial charge in [-0.25, -0.2) is 0 Å². The number of rotatable bonds is 18. The van der Waals surface area contributed by atoms with Crippen molar-refractivity contribution >= 4 is 23.2 Å². The molecule has 4 aliphatic heterocycles. The molecule has 70 heavy (non-hydrogen) atoms. The van der Waals surface area contributed by atoms with E-state index in [0.29, 0.717) is 0 Å². The van der Waals surface area contributed by atoms with Crippen LogP contribution in [-0.4, -0.2) is 146 Å². The second kappa shape index (κ2) is 29.3. The number of hydrogen-bond donors (Lipinski definition) is 0. The van der Waals surface area contributed by atoms with Gasteiger partial charge in [-0.15, -0.1) is 0 Å². The van der Waals surface area contributed by atoms with Crippen LogP contribution in [-0.2, 0) is 12.8 Å². The molecule has 384 valence electrons. The van der Waals surface area contributed by atoms with Crippen LogP contribution in [0.5, 0.6) is 11.5 Å². The van der Waals surface area contributed by atoms with Crippen molar-refractivity contribution in [1.82, 2.24) is 19.6 Å². The minimum atomic E-state index is 0. The summed E-state index contributed by atoms with van der Waals surface area (Å²) in [5, 5.41) is 0. The van der Waals surface area contributed by atoms with Gasteiger partial charge in [-0.1, -0.05) is 48.5 Å². The molecule has 0 bridgehead atoms. The van der Waals surface area contributed by atoms with Crippen LogP contribution in [0, 0.1) is 0 Å². The Morgan fingerprint density at radius 2 is 0.771 bits per heavy atom. The van der Waals surface area contributed by atoms with Gasteiger partial charge in [0, 0.05) is 89.7 Å². The molecular weight excluding hydrogens is 877 g/mol.